The SMILES string of the molecule is NC(=S)N/N=C1\CCC=C1CO. The number of allylic oxidation sites excluding steroid dienone is 1. The standard InChI is InChI=1S/C7H11N3OS/c8-7(12)10-9-6-3-1-2-5(6)4-11/h2,11H,1,3-4H2,(H3,8,10,12)/b9-6+. The average molecular weight is 185 g/mol. The summed E-state index contributed by atoms with van der Waals surface area (Å²) < 4.78 is 0. The molecule has 0 radical (unpaired) electrons. The van der Waals surface area contributed by atoms with Crippen LogP contribution in [0.3, 0.4) is 0 Å². The molecule has 0 saturated heterocycles. The van der Waals surface area contributed by atoms with Gasteiger partial charge in [-0.2, -0.15) is 5.10 Å². The number of rotatable bonds is 2. The van der Waals surface area contributed by atoms with Crippen LogP contribution in [0.2, 0.25) is 0 Å². The Hall–Kier alpha value is -0.940. The molecule has 0 bridgehead atoms. The first-order chi connectivity index (χ1) is 5.74. The molecule has 1 aliphatic carbocycles. The summed E-state index contributed by atoms with van der Waals surface area (Å²) in [7, 11) is 0. The van der Waals surface area contributed by atoms with Gasteiger partial charge in [-0.15, -0.1) is 0 Å². The van der Waals surface area contributed by atoms with Crippen molar-refractivity contribution in [2.75, 3.05) is 6.61 Å². The fourth-order valence-electron chi connectivity index (χ4n) is 1.07. The molecule has 0 spiro atoms. The van der Waals surface area contributed by atoms with E-state index in [1.807, 2.05) is 6.08 Å². The fourth-order valence-corrected chi connectivity index (χ4v) is 1.11. The third-order valence-electron chi connectivity index (χ3n) is 1.61. The zero-order valence-electron chi connectivity index (χ0n) is 6.58. The highest BCUT2D eigenvalue weighted by Gasteiger charge is 2.11. The number of thiocarbonyl (C=S) groups is 1. The van der Waals surface area contributed by atoms with Crippen molar-refractivity contribution in [1.82, 2.24) is 5.43 Å². The van der Waals surface area contributed by atoms with Crippen molar-refractivity contribution in [2.24, 2.45) is 10.8 Å². The van der Waals surface area contributed by atoms with E-state index in [9.17, 15) is 0 Å². The summed E-state index contributed by atoms with van der Waals surface area (Å²) >= 11 is 4.58. The minimum absolute atomic E-state index is 0.0256. The van der Waals surface area contributed by atoms with E-state index in [2.05, 4.69) is 22.7 Å². The van der Waals surface area contributed by atoms with Crippen molar-refractivity contribution in [2.45, 2.75) is 12.8 Å². The maximum atomic E-state index is 8.86. The molecule has 0 aromatic carbocycles. The highest BCUT2D eigenvalue weighted by Crippen LogP contribution is 2.13. The van der Waals surface area contributed by atoms with Crippen LogP contribution in [0.15, 0.2) is 16.8 Å². The predicted octanol–water partition coefficient (Wildman–Crippen LogP) is -0.112. The van der Waals surface area contributed by atoms with Crippen molar-refractivity contribution in [3.8, 4) is 0 Å². The van der Waals surface area contributed by atoms with E-state index in [1.54, 1.807) is 0 Å². The summed E-state index contributed by atoms with van der Waals surface area (Å²) in [6, 6.07) is 0. The van der Waals surface area contributed by atoms with Gasteiger partial charge in [-0.05, 0) is 30.6 Å². The molecule has 0 aromatic heterocycles. The lowest BCUT2D eigenvalue weighted by Gasteiger charge is -2.01. The first-order valence-corrected chi connectivity index (χ1v) is 4.07. The number of nitrogens with zero attached hydrogens (tertiary/aromatic N) is 1. The molecule has 0 heterocycles. The molecule has 12 heavy (non-hydrogen) atoms. The van der Waals surface area contributed by atoms with Gasteiger partial charge < -0.3 is 10.8 Å². The lowest BCUT2D eigenvalue weighted by Crippen LogP contribution is -2.25. The van der Waals surface area contributed by atoms with Crippen LogP contribution in [0, 0.1) is 0 Å². The zero-order valence-corrected chi connectivity index (χ0v) is 7.40. The molecule has 66 valence electrons. The monoisotopic (exact) mass is 185 g/mol. The summed E-state index contributed by atoms with van der Waals surface area (Å²) in [4.78, 5) is 0. The van der Waals surface area contributed by atoms with Gasteiger partial charge in [0.1, 0.15) is 0 Å². The third kappa shape index (κ3) is 2.28. The molecular formula is C7H11N3OS. The normalized spacial score (nSPS) is 19.4. The molecule has 1 aliphatic rings. The average Bonchev–Trinajstić information content (AvgIpc) is 2.47. The Morgan fingerprint density at radius 2 is 2.58 bits per heavy atom. The van der Waals surface area contributed by atoms with Crippen molar-refractivity contribution < 1.29 is 5.11 Å². The van der Waals surface area contributed by atoms with Crippen molar-refractivity contribution in [3.05, 3.63) is 11.6 Å². The quantitative estimate of drug-likeness (QED) is 0.414. The Labute approximate surface area is 76.1 Å². The van der Waals surface area contributed by atoms with Crippen molar-refractivity contribution >= 4 is 23.0 Å². The van der Waals surface area contributed by atoms with Crippen LogP contribution in [0.4, 0.5) is 0 Å². The summed E-state index contributed by atoms with van der Waals surface area (Å²) in [5, 5.41) is 13.0. The van der Waals surface area contributed by atoms with E-state index in [4.69, 9.17) is 10.8 Å². The predicted molar refractivity (Wildman–Crippen MR) is 51.8 cm³/mol. The molecule has 0 saturated carbocycles. The van der Waals surface area contributed by atoms with E-state index in [-0.39, 0.29) is 11.7 Å². The molecule has 0 unspecified atom stereocenters. The minimum atomic E-state index is 0.0256. The zero-order chi connectivity index (χ0) is 8.97. The Bertz CT molecular complexity index is 247. The van der Waals surface area contributed by atoms with Gasteiger partial charge in [-0.25, -0.2) is 0 Å². The highest BCUT2D eigenvalue weighted by atomic mass is 32.1. The van der Waals surface area contributed by atoms with Gasteiger partial charge in [0.05, 0.1) is 12.3 Å². The maximum Gasteiger partial charge on any atom is 0.184 e. The number of hydrazone groups is 1. The van der Waals surface area contributed by atoms with Gasteiger partial charge in [-0.1, -0.05) is 6.08 Å². The largest absolute Gasteiger partial charge is 0.392 e. The van der Waals surface area contributed by atoms with Gasteiger partial charge in [0.25, 0.3) is 0 Å². The first-order valence-electron chi connectivity index (χ1n) is 3.66. The van der Waals surface area contributed by atoms with Crippen LogP contribution in [0.5, 0.6) is 0 Å². The number of nitrogens with two attached hydrogens (primary N) is 1. The molecule has 5 heteroatoms. The number of aliphatic hydroxyl groups excluding tert-OH is 1. The topological polar surface area (TPSA) is 70.6 Å². The van der Waals surface area contributed by atoms with Gasteiger partial charge in [0.15, 0.2) is 5.11 Å². The first kappa shape index (κ1) is 9.15. The van der Waals surface area contributed by atoms with Crippen LogP contribution >= 0.6 is 12.2 Å². The molecule has 0 atom stereocenters. The second-order valence-electron chi connectivity index (χ2n) is 2.46. The summed E-state index contributed by atoms with van der Waals surface area (Å²) in [5.41, 5.74) is 9.38. The van der Waals surface area contributed by atoms with E-state index < -0.39 is 0 Å². The van der Waals surface area contributed by atoms with Crippen LogP contribution in [0.1, 0.15) is 12.8 Å². The molecule has 4 N–H and O–H groups in total. The number of hydrogen-bond donors (Lipinski definition) is 3. The molecule has 0 aliphatic heterocycles. The van der Waals surface area contributed by atoms with E-state index >= 15 is 0 Å². The fraction of sp³-hybridized carbons (Fsp3) is 0.429. The smallest absolute Gasteiger partial charge is 0.184 e. The minimum Gasteiger partial charge on any atom is -0.392 e. The van der Waals surface area contributed by atoms with Crippen LogP contribution < -0.4 is 11.2 Å². The number of nitrogens with one attached hydrogen (secondary N) is 1. The van der Waals surface area contributed by atoms with Gasteiger partial charge in [0, 0.05) is 0 Å². The van der Waals surface area contributed by atoms with E-state index in [1.165, 1.54) is 0 Å². The molecule has 0 aromatic rings. The Morgan fingerprint density at radius 1 is 1.83 bits per heavy atom. The van der Waals surface area contributed by atoms with Crippen molar-refractivity contribution in [3.63, 3.8) is 0 Å². The van der Waals surface area contributed by atoms with E-state index in [0.717, 1.165) is 24.1 Å². The molecular weight excluding hydrogens is 174 g/mol. The summed E-state index contributed by atoms with van der Waals surface area (Å²) in [5.74, 6) is 0. The van der Waals surface area contributed by atoms with Crippen LogP contribution in [-0.4, -0.2) is 22.5 Å². The molecule has 1 rings (SSSR count). The van der Waals surface area contributed by atoms with Crippen LogP contribution in [0.25, 0.3) is 0 Å². The molecule has 0 fully saturated rings. The molecule has 0 amide bonds. The lowest BCUT2D eigenvalue weighted by molar-refractivity contribution is 0.337. The van der Waals surface area contributed by atoms with Crippen molar-refractivity contribution in [1.29, 1.82) is 0 Å². The van der Waals surface area contributed by atoms with Gasteiger partial charge >= 0.3 is 0 Å². The Balaban J connectivity index is 2.57. The van der Waals surface area contributed by atoms with Gasteiger partial charge in [0.2, 0.25) is 0 Å². The van der Waals surface area contributed by atoms with Crippen LogP contribution in [-0.2, 0) is 0 Å². The molecule has 4 nitrogen and oxygen atoms in total. The van der Waals surface area contributed by atoms with Gasteiger partial charge in [-0.3, -0.25) is 5.43 Å². The Kier molecular flexibility index (Phi) is 3.19. The summed E-state index contributed by atoms with van der Waals surface area (Å²) in [6.07, 6.45) is 3.72. The Morgan fingerprint density at radius 3 is 3.17 bits per heavy atom. The number of hydrogen-bond acceptors (Lipinski definition) is 3. The second kappa shape index (κ2) is 4.18. The number of aliphatic hydroxyl groups is 1. The van der Waals surface area contributed by atoms with E-state index in [0.29, 0.717) is 0 Å². The maximum absolute atomic E-state index is 8.86. The lowest BCUT2D eigenvalue weighted by atomic mass is 10.2. The second-order valence-corrected chi connectivity index (χ2v) is 2.90. The highest BCUT2D eigenvalue weighted by molar-refractivity contribution is 7.80. The summed E-state index contributed by atoms with van der Waals surface area (Å²) in [6.45, 7) is 0.0256. The third-order valence-corrected chi connectivity index (χ3v) is 1.71.